The van der Waals surface area contributed by atoms with E-state index in [1.807, 2.05) is 32.0 Å². The first-order valence-corrected chi connectivity index (χ1v) is 7.05. The summed E-state index contributed by atoms with van der Waals surface area (Å²) >= 11 is 6.21. The lowest BCUT2D eigenvalue weighted by atomic mass is 10.2. The van der Waals surface area contributed by atoms with E-state index in [0.29, 0.717) is 35.7 Å². The molecule has 0 saturated carbocycles. The molecule has 0 bridgehead atoms. The van der Waals surface area contributed by atoms with E-state index < -0.39 is 0 Å². The first kappa shape index (κ1) is 15.4. The third kappa shape index (κ3) is 3.98. The van der Waals surface area contributed by atoms with Gasteiger partial charge in [0.25, 0.3) is 0 Å². The number of nitrogens with zero attached hydrogens (tertiary/aromatic N) is 2. The molecule has 1 aromatic carbocycles. The van der Waals surface area contributed by atoms with E-state index >= 15 is 0 Å². The van der Waals surface area contributed by atoms with E-state index in [-0.39, 0.29) is 0 Å². The third-order valence-electron chi connectivity index (χ3n) is 2.85. The lowest BCUT2D eigenvalue weighted by molar-refractivity contribution is 0.325. The van der Waals surface area contributed by atoms with Gasteiger partial charge in [0.15, 0.2) is 0 Å². The van der Waals surface area contributed by atoms with Crippen LogP contribution >= 0.6 is 11.6 Å². The Bertz CT molecular complexity index is 620. The molecule has 0 fully saturated rings. The van der Waals surface area contributed by atoms with Gasteiger partial charge in [-0.1, -0.05) is 17.7 Å². The van der Waals surface area contributed by atoms with Crippen molar-refractivity contribution in [1.29, 1.82) is 0 Å². The number of rotatable bonds is 6. The molecule has 1 aromatic heterocycles. The maximum Gasteiger partial charge on any atom is 0.218 e. The molecule has 5 nitrogen and oxygen atoms in total. The quantitative estimate of drug-likeness (QED) is 0.885. The van der Waals surface area contributed by atoms with Crippen LogP contribution in [0, 0.1) is 6.92 Å². The Balaban J connectivity index is 2.16. The molecular weight excluding hydrogens is 290 g/mol. The van der Waals surface area contributed by atoms with Gasteiger partial charge >= 0.3 is 0 Å². The predicted octanol–water partition coefficient (Wildman–Crippen LogP) is 3.46. The van der Waals surface area contributed by atoms with Gasteiger partial charge < -0.3 is 14.8 Å². The Hall–Kier alpha value is -2.01. The van der Waals surface area contributed by atoms with Gasteiger partial charge in [-0.15, -0.1) is 0 Å². The number of anilines is 1. The molecule has 2 rings (SSSR count). The van der Waals surface area contributed by atoms with Crippen molar-refractivity contribution in [1.82, 2.24) is 9.97 Å². The summed E-state index contributed by atoms with van der Waals surface area (Å²) in [4.78, 5) is 8.54. The van der Waals surface area contributed by atoms with Crippen molar-refractivity contribution in [2.24, 2.45) is 0 Å². The molecule has 0 saturated heterocycles. The summed E-state index contributed by atoms with van der Waals surface area (Å²) in [6, 6.07) is 7.32. The topological polar surface area (TPSA) is 56.3 Å². The standard InChI is InChI=1S/C15H18ClN3O2/c1-4-21-15-8-14(18-10(2)19-15)17-9-11-12(16)6-5-7-13(11)20-3/h5-8H,4,9H2,1-3H3,(H,17,18,19). The zero-order valence-corrected chi connectivity index (χ0v) is 13.1. The van der Waals surface area contributed by atoms with Gasteiger partial charge in [0.05, 0.1) is 13.7 Å². The molecule has 0 aliphatic rings. The minimum absolute atomic E-state index is 0.505. The molecule has 21 heavy (non-hydrogen) atoms. The van der Waals surface area contributed by atoms with Crippen LogP contribution in [0.1, 0.15) is 18.3 Å². The molecule has 112 valence electrons. The van der Waals surface area contributed by atoms with Crippen molar-refractivity contribution in [3.05, 3.63) is 40.7 Å². The van der Waals surface area contributed by atoms with Gasteiger partial charge in [-0.25, -0.2) is 4.98 Å². The SMILES string of the molecule is CCOc1cc(NCc2c(Cl)cccc2OC)nc(C)n1. The van der Waals surface area contributed by atoms with E-state index in [2.05, 4.69) is 15.3 Å². The van der Waals surface area contributed by atoms with Crippen molar-refractivity contribution in [3.8, 4) is 11.6 Å². The van der Waals surface area contributed by atoms with Crippen molar-refractivity contribution in [2.75, 3.05) is 19.0 Å². The Morgan fingerprint density at radius 3 is 2.81 bits per heavy atom. The summed E-state index contributed by atoms with van der Waals surface area (Å²) < 4.78 is 10.7. The maximum atomic E-state index is 6.21. The molecule has 0 spiro atoms. The highest BCUT2D eigenvalue weighted by molar-refractivity contribution is 6.31. The fourth-order valence-electron chi connectivity index (χ4n) is 1.93. The highest BCUT2D eigenvalue weighted by Crippen LogP contribution is 2.27. The summed E-state index contributed by atoms with van der Waals surface area (Å²) in [6.45, 7) is 4.81. The summed E-state index contributed by atoms with van der Waals surface area (Å²) in [5.74, 6) is 2.63. The lowest BCUT2D eigenvalue weighted by Gasteiger charge is -2.12. The summed E-state index contributed by atoms with van der Waals surface area (Å²) in [5.41, 5.74) is 0.885. The number of aryl methyl sites for hydroxylation is 1. The molecular formula is C15H18ClN3O2. The lowest BCUT2D eigenvalue weighted by Crippen LogP contribution is -2.06. The molecule has 1 heterocycles. The minimum Gasteiger partial charge on any atom is -0.496 e. The van der Waals surface area contributed by atoms with E-state index in [1.54, 1.807) is 13.2 Å². The Morgan fingerprint density at radius 1 is 1.29 bits per heavy atom. The van der Waals surface area contributed by atoms with Crippen LogP contribution < -0.4 is 14.8 Å². The number of nitrogens with one attached hydrogen (secondary N) is 1. The van der Waals surface area contributed by atoms with Crippen LogP contribution in [0.2, 0.25) is 5.02 Å². The molecule has 0 aliphatic carbocycles. The highest BCUT2D eigenvalue weighted by Gasteiger charge is 2.08. The average molecular weight is 308 g/mol. The number of halogens is 1. The second kappa shape index (κ2) is 7.13. The fourth-order valence-corrected chi connectivity index (χ4v) is 2.17. The van der Waals surface area contributed by atoms with Crippen molar-refractivity contribution >= 4 is 17.4 Å². The van der Waals surface area contributed by atoms with E-state index in [0.717, 1.165) is 11.3 Å². The van der Waals surface area contributed by atoms with Crippen LogP contribution in [0.15, 0.2) is 24.3 Å². The van der Waals surface area contributed by atoms with Crippen LogP contribution in [-0.2, 0) is 6.54 Å². The van der Waals surface area contributed by atoms with E-state index in [4.69, 9.17) is 21.1 Å². The molecule has 0 radical (unpaired) electrons. The molecule has 0 atom stereocenters. The molecule has 6 heteroatoms. The van der Waals surface area contributed by atoms with Gasteiger partial charge in [-0.05, 0) is 26.0 Å². The number of ether oxygens (including phenoxy) is 2. The van der Waals surface area contributed by atoms with Crippen LogP contribution in [0.5, 0.6) is 11.6 Å². The molecule has 2 aromatic rings. The first-order valence-electron chi connectivity index (χ1n) is 6.67. The normalized spacial score (nSPS) is 10.3. The molecule has 1 N–H and O–H groups in total. The number of benzene rings is 1. The second-order valence-electron chi connectivity index (χ2n) is 4.35. The smallest absolute Gasteiger partial charge is 0.218 e. The van der Waals surface area contributed by atoms with Crippen molar-refractivity contribution in [3.63, 3.8) is 0 Å². The van der Waals surface area contributed by atoms with Crippen LogP contribution in [-0.4, -0.2) is 23.7 Å². The predicted molar refractivity (Wildman–Crippen MR) is 83.3 cm³/mol. The largest absolute Gasteiger partial charge is 0.496 e. The van der Waals surface area contributed by atoms with Crippen LogP contribution in [0.3, 0.4) is 0 Å². The summed E-state index contributed by atoms with van der Waals surface area (Å²) in [7, 11) is 1.62. The first-order chi connectivity index (χ1) is 10.1. The van der Waals surface area contributed by atoms with Gasteiger partial charge in [-0.2, -0.15) is 4.98 Å². The number of hydrogen-bond donors (Lipinski definition) is 1. The fraction of sp³-hybridized carbons (Fsp3) is 0.333. The Kier molecular flexibility index (Phi) is 5.22. The van der Waals surface area contributed by atoms with Gasteiger partial charge in [-0.3, -0.25) is 0 Å². The van der Waals surface area contributed by atoms with Crippen molar-refractivity contribution in [2.45, 2.75) is 20.4 Å². The van der Waals surface area contributed by atoms with E-state index in [1.165, 1.54) is 0 Å². The number of hydrogen-bond acceptors (Lipinski definition) is 5. The highest BCUT2D eigenvalue weighted by atomic mass is 35.5. The summed E-state index contributed by atoms with van der Waals surface area (Å²) in [6.07, 6.45) is 0. The second-order valence-corrected chi connectivity index (χ2v) is 4.75. The zero-order valence-electron chi connectivity index (χ0n) is 12.3. The van der Waals surface area contributed by atoms with Crippen molar-refractivity contribution < 1.29 is 9.47 Å². The average Bonchev–Trinajstić information content (AvgIpc) is 2.45. The van der Waals surface area contributed by atoms with Gasteiger partial charge in [0.1, 0.15) is 17.4 Å². The van der Waals surface area contributed by atoms with Gasteiger partial charge in [0, 0.05) is 23.2 Å². The Labute approximate surface area is 129 Å². The van der Waals surface area contributed by atoms with E-state index in [9.17, 15) is 0 Å². The molecule has 0 unspecified atom stereocenters. The number of aromatic nitrogens is 2. The minimum atomic E-state index is 0.505. The van der Waals surface area contributed by atoms with Gasteiger partial charge in [0.2, 0.25) is 5.88 Å². The monoisotopic (exact) mass is 307 g/mol. The molecule has 0 amide bonds. The zero-order chi connectivity index (χ0) is 15.2. The van der Waals surface area contributed by atoms with Crippen LogP contribution in [0.25, 0.3) is 0 Å². The number of methoxy groups -OCH3 is 1. The Morgan fingerprint density at radius 2 is 2.10 bits per heavy atom. The third-order valence-corrected chi connectivity index (χ3v) is 3.20. The van der Waals surface area contributed by atoms with Crippen LogP contribution in [0.4, 0.5) is 5.82 Å². The maximum absolute atomic E-state index is 6.21. The molecule has 0 aliphatic heterocycles. The summed E-state index contributed by atoms with van der Waals surface area (Å²) in [5, 5.41) is 3.87.